The van der Waals surface area contributed by atoms with Gasteiger partial charge in [-0.15, -0.1) is 11.3 Å². The third kappa shape index (κ3) is 2.86. The van der Waals surface area contributed by atoms with Crippen LogP contribution in [0.1, 0.15) is 15.2 Å². The van der Waals surface area contributed by atoms with Crippen molar-refractivity contribution in [2.45, 2.75) is 6.92 Å². The van der Waals surface area contributed by atoms with Gasteiger partial charge in [-0.2, -0.15) is 0 Å². The summed E-state index contributed by atoms with van der Waals surface area (Å²) in [7, 11) is 0. The summed E-state index contributed by atoms with van der Waals surface area (Å²) < 4.78 is 14.3. The maximum atomic E-state index is 13.4. The molecule has 1 amide bonds. The minimum Gasteiger partial charge on any atom is -0.395 e. The molecule has 0 atom stereocenters. The van der Waals surface area contributed by atoms with Crippen LogP contribution in [0, 0.1) is 12.7 Å². The second-order valence-electron chi connectivity index (χ2n) is 5.55. The van der Waals surface area contributed by atoms with Crippen LogP contribution in [0.15, 0.2) is 18.2 Å². The lowest BCUT2D eigenvalue weighted by molar-refractivity contribution is 0.0619. The molecule has 0 aliphatic carbocycles. The minimum atomic E-state index is -0.273. The number of rotatable bonds is 3. The van der Waals surface area contributed by atoms with E-state index in [1.165, 1.54) is 23.5 Å². The highest BCUT2D eigenvalue weighted by Gasteiger charge is 2.25. The average molecular weight is 322 g/mol. The van der Waals surface area contributed by atoms with Crippen molar-refractivity contribution in [3.8, 4) is 0 Å². The van der Waals surface area contributed by atoms with E-state index in [9.17, 15) is 9.18 Å². The Hall–Kier alpha value is -1.50. The van der Waals surface area contributed by atoms with Crippen LogP contribution in [-0.2, 0) is 0 Å². The monoisotopic (exact) mass is 322 g/mol. The number of thiophene rings is 1. The molecular weight excluding hydrogens is 303 g/mol. The predicted octanol–water partition coefficient (Wildman–Crippen LogP) is 2.10. The molecule has 1 aromatic heterocycles. The van der Waals surface area contributed by atoms with E-state index in [1.54, 1.807) is 6.07 Å². The molecule has 0 saturated carbocycles. The Morgan fingerprint density at radius 2 is 2.05 bits per heavy atom. The van der Waals surface area contributed by atoms with Gasteiger partial charge in [0.1, 0.15) is 5.82 Å². The maximum absolute atomic E-state index is 13.4. The summed E-state index contributed by atoms with van der Waals surface area (Å²) in [6, 6.07) is 4.66. The number of benzene rings is 1. The molecule has 3 rings (SSSR count). The second-order valence-corrected chi connectivity index (χ2v) is 6.61. The van der Waals surface area contributed by atoms with Crippen molar-refractivity contribution in [3.63, 3.8) is 0 Å². The lowest BCUT2D eigenvalue weighted by atomic mass is 10.1. The van der Waals surface area contributed by atoms with Gasteiger partial charge in [-0.25, -0.2) is 4.39 Å². The highest BCUT2D eigenvalue weighted by atomic mass is 32.1. The van der Waals surface area contributed by atoms with Crippen LogP contribution in [0.25, 0.3) is 10.1 Å². The Bertz CT molecular complexity index is 693. The smallest absolute Gasteiger partial charge is 0.264 e. The normalized spacial score (nSPS) is 16.4. The van der Waals surface area contributed by atoms with Gasteiger partial charge in [-0.3, -0.25) is 9.69 Å². The number of nitrogens with zero attached hydrogens (tertiary/aromatic N) is 2. The first-order chi connectivity index (χ1) is 10.6. The van der Waals surface area contributed by atoms with Crippen LogP contribution in [0.3, 0.4) is 0 Å². The number of carbonyl (C=O) groups excluding carboxylic acids is 1. The van der Waals surface area contributed by atoms with Crippen LogP contribution < -0.4 is 0 Å². The van der Waals surface area contributed by atoms with Gasteiger partial charge in [-0.05, 0) is 36.1 Å². The number of hydrogen-bond donors (Lipinski definition) is 1. The fraction of sp³-hybridized carbons (Fsp3) is 0.438. The predicted molar refractivity (Wildman–Crippen MR) is 85.9 cm³/mol. The van der Waals surface area contributed by atoms with Gasteiger partial charge in [0.15, 0.2) is 0 Å². The van der Waals surface area contributed by atoms with Crippen molar-refractivity contribution in [1.82, 2.24) is 9.80 Å². The van der Waals surface area contributed by atoms with Crippen LogP contribution in [0.2, 0.25) is 0 Å². The molecule has 0 radical (unpaired) electrons. The summed E-state index contributed by atoms with van der Waals surface area (Å²) in [5.74, 6) is -0.243. The first-order valence-corrected chi connectivity index (χ1v) is 8.23. The van der Waals surface area contributed by atoms with Crippen LogP contribution in [0.5, 0.6) is 0 Å². The third-order valence-corrected chi connectivity index (χ3v) is 5.43. The molecule has 0 bridgehead atoms. The maximum Gasteiger partial charge on any atom is 0.264 e. The largest absolute Gasteiger partial charge is 0.395 e. The van der Waals surface area contributed by atoms with E-state index >= 15 is 0 Å². The van der Waals surface area contributed by atoms with E-state index in [0.717, 1.165) is 28.7 Å². The van der Waals surface area contributed by atoms with Crippen LogP contribution in [0.4, 0.5) is 4.39 Å². The van der Waals surface area contributed by atoms with Crippen LogP contribution in [-0.4, -0.2) is 60.1 Å². The average Bonchev–Trinajstić information content (AvgIpc) is 2.84. The van der Waals surface area contributed by atoms with Crippen molar-refractivity contribution in [3.05, 3.63) is 34.5 Å². The molecule has 1 fully saturated rings. The van der Waals surface area contributed by atoms with Crippen molar-refractivity contribution >= 4 is 27.3 Å². The standard InChI is InChI=1S/C16H19FN2O2S/c1-11-13-10-12(17)2-3-14(13)22-15(11)16(21)19-6-4-18(5-7-19)8-9-20/h2-3,10,20H,4-9H2,1H3. The number of halogens is 1. The number of hydrogen-bond acceptors (Lipinski definition) is 4. The van der Waals surface area contributed by atoms with E-state index in [4.69, 9.17) is 5.11 Å². The summed E-state index contributed by atoms with van der Waals surface area (Å²) in [6.45, 7) is 5.59. The molecule has 118 valence electrons. The van der Waals surface area contributed by atoms with E-state index in [0.29, 0.717) is 24.5 Å². The molecule has 22 heavy (non-hydrogen) atoms. The van der Waals surface area contributed by atoms with Gasteiger partial charge in [0, 0.05) is 37.4 Å². The molecule has 1 N–H and O–H groups in total. The number of amides is 1. The number of aliphatic hydroxyl groups is 1. The Kier molecular flexibility index (Phi) is 4.42. The summed E-state index contributed by atoms with van der Waals surface area (Å²) in [6.07, 6.45) is 0. The topological polar surface area (TPSA) is 43.8 Å². The number of fused-ring (bicyclic) bond motifs is 1. The zero-order valence-electron chi connectivity index (χ0n) is 12.5. The van der Waals surface area contributed by atoms with Crippen molar-refractivity contribution in [1.29, 1.82) is 0 Å². The van der Waals surface area contributed by atoms with Gasteiger partial charge >= 0.3 is 0 Å². The molecule has 0 unspecified atom stereocenters. The van der Waals surface area contributed by atoms with Gasteiger partial charge in [0.05, 0.1) is 11.5 Å². The van der Waals surface area contributed by atoms with Crippen LogP contribution >= 0.6 is 11.3 Å². The number of carbonyl (C=O) groups is 1. The summed E-state index contributed by atoms with van der Waals surface area (Å²) in [4.78, 5) is 17.4. The van der Waals surface area contributed by atoms with E-state index in [2.05, 4.69) is 4.90 Å². The highest BCUT2D eigenvalue weighted by Crippen LogP contribution is 2.32. The Balaban J connectivity index is 1.80. The molecule has 1 aliphatic rings. The SMILES string of the molecule is Cc1c(C(=O)N2CCN(CCO)CC2)sc2ccc(F)cc12. The fourth-order valence-corrected chi connectivity index (χ4v) is 4.01. The van der Waals surface area contributed by atoms with Gasteiger partial charge in [0.25, 0.3) is 5.91 Å². The quantitative estimate of drug-likeness (QED) is 0.941. The fourth-order valence-electron chi connectivity index (χ4n) is 2.86. The lowest BCUT2D eigenvalue weighted by Crippen LogP contribution is -2.49. The zero-order valence-corrected chi connectivity index (χ0v) is 13.3. The summed E-state index contributed by atoms with van der Waals surface area (Å²) in [5.41, 5.74) is 0.863. The van der Waals surface area contributed by atoms with Crippen molar-refractivity contribution in [2.75, 3.05) is 39.3 Å². The molecule has 1 saturated heterocycles. The Morgan fingerprint density at radius 3 is 2.73 bits per heavy atom. The zero-order chi connectivity index (χ0) is 15.7. The Labute approximate surface area is 132 Å². The van der Waals surface area contributed by atoms with E-state index in [-0.39, 0.29) is 18.3 Å². The molecule has 2 heterocycles. The number of aliphatic hydroxyl groups excluding tert-OH is 1. The highest BCUT2D eigenvalue weighted by molar-refractivity contribution is 7.21. The van der Waals surface area contributed by atoms with Crippen molar-refractivity contribution < 1.29 is 14.3 Å². The van der Waals surface area contributed by atoms with Gasteiger partial charge in [0.2, 0.25) is 0 Å². The first kappa shape index (κ1) is 15.4. The van der Waals surface area contributed by atoms with Gasteiger partial charge in [-0.1, -0.05) is 0 Å². The lowest BCUT2D eigenvalue weighted by Gasteiger charge is -2.34. The van der Waals surface area contributed by atoms with Crippen molar-refractivity contribution in [2.24, 2.45) is 0 Å². The number of β-amino-alcohol motifs (C(OH)–C–C–N with tert-alkyl or cyclic N) is 1. The first-order valence-electron chi connectivity index (χ1n) is 7.41. The second kappa shape index (κ2) is 6.32. The molecule has 2 aromatic rings. The molecule has 0 spiro atoms. The summed E-state index contributed by atoms with van der Waals surface area (Å²) >= 11 is 1.43. The van der Waals surface area contributed by atoms with E-state index in [1.807, 2.05) is 11.8 Å². The number of aryl methyl sites for hydroxylation is 1. The Morgan fingerprint density at radius 1 is 1.32 bits per heavy atom. The van der Waals surface area contributed by atoms with E-state index < -0.39 is 0 Å². The molecule has 4 nitrogen and oxygen atoms in total. The minimum absolute atomic E-state index is 0.0303. The summed E-state index contributed by atoms with van der Waals surface area (Å²) in [5, 5.41) is 9.79. The number of piperazine rings is 1. The third-order valence-electron chi connectivity index (χ3n) is 4.17. The molecule has 1 aliphatic heterocycles. The van der Waals surface area contributed by atoms with Gasteiger partial charge < -0.3 is 10.0 Å². The molecule has 1 aromatic carbocycles. The molecule has 6 heteroatoms. The molecular formula is C16H19FN2O2S.